The number of nitrogens with one attached hydrogen (secondary N) is 2. The van der Waals surface area contributed by atoms with E-state index in [-0.39, 0.29) is 23.6 Å². The SMILES string of the molecule is O=C(Nc1cc(O)cc(O)c1)NC1CCCCCC1. The van der Waals surface area contributed by atoms with Gasteiger partial charge in [-0.1, -0.05) is 25.7 Å². The van der Waals surface area contributed by atoms with Crippen LogP contribution in [0.1, 0.15) is 38.5 Å². The molecule has 19 heavy (non-hydrogen) atoms. The number of aromatic hydroxyl groups is 2. The van der Waals surface area contributed by atoms with E-state index in [1.165, 1.54) is 31.0 Å². The molecule has 0 radical (unpaired) electrons. The molecule has 0 aliphatic heterocycles. The van der Waals surface area contributed by atoms with E-state index in [0.29, 0.717) is 5.69 Å². The fraction of sp³-hybridized carbons (Fsp3) is 0.500. The minimum absolute atomic E-state index is 0.0789. The molecule has 1 aromatic rings. The highest BCUT2D eigenvalue weighted by molar-refractivity contribution is 5.89. The summed E-state index contributed by atoms with van der Waals surface area (Å²) in [4.78, 5) is 11.8. The van der Waals surface area contributed by atoms with Gasteiger partial charge in [-0.2, -0.15) is 0 Å². The summed E-state index contributed by atoms with van der Waals surface area (Å²) in [6, 6.07) is 3.93. The molecule has 1 aromatic carbocycles. The van der Waals surface area contributed by atoms with Crippen LogP contribution in [0.25, 0.3) is 0 Å². The number of benzene rings is 1. The molecule has 104 valence electrons. The van der Waals surface area contributed by atoms with Gasteiger partial charge in [0.25, 0.3) is 0 Å². The zero-order valence-electron chi connectivity index (χ0n) is 10.9. The highest BCUT2D eigenvalue weighted by Crippen LogP contribution is 2.24. The fourth-order valence-electron chi connectivity index (χ4n) is 2.44. The highest BCUT2D eigenvalue weighted by atomic mass is 16.3. The summed E-state index contributed by atoms with van der Waals surface area (Å²) >= 11 is 0. The largest absolute Gasteiger partial charge is 0.508 e. The van der Waals surface area contributed by atoms with Gasteiger partial charge in [-0.25, -0.2) is 4.79 Å². The van der Waals surface area contributed by atoms with Gasteiger partial charge in [-0.3, -0.25) is 0 Å². The summed E-state index contributed by atoms with van der Waals surface area (Å²) in [5, 5.41) is 24.2. The molecule has 1 aliphatic carbocycles. The summed E-state index contributed by atoms with van der Waals surface area (Å²) in [7, 11) is 0. The number of urea groups is 1. The van der Waals surface area contributed by atoms with Gasteiger partial charge in [-0.05, 0) is 12.8 Å². The van der Waals surface area contributed by atoms with Crippen molar-refractivity contribution in [3.8, 4) is 11.5 Å². The Labute approximate surface area is 112 Å². The second-order valence-corrected chi connectivity index (χ2v) is 5.03. The molecule has 0 saturated heterocycles. The summed E-state index contributed by atoms with van der Waals surface area (Å²) in [5.74, 6) is -0.158. The van der Waals surface area contributed by atoms with Gasteiger partial charge in [-0.15, -0.1) is 0 Å². The number of rotatable bonds is 2. The lowest BCUT2D eigenvalue weighted by molar-refractivity contribution is 0.247. The molecule has 2 amide bonds. The number of phenolic OH excluding ortho intramolecular Hbond substituents is 2. The summed E-state index contributed by atoms with van der Waals surface area (Å²) in [5.41, 5.74) is 0.378. The van der Waals surface area contributed by atoms with E-state index in [1.54, 1.807) is 0 Å². The van der Waals surface area contributed by atoms with Gasteiger partial charge in [0, 0.05) is 29.9 Å². The molecule has 0 aromatic heterocycles. The summed E-state index contributed by atoms with van der Waals surface area (Å²) in [6.45, 7) is 0. The topological polar surface area (TPSA) is 81.6 Å². The number of hydrogen-bond donors (Lipinski definition) is 4. The fourth-order valence-corrected chi connectivity index (χ4v) is 2.44. The first-order valence-corrected chi connectivity index (χ1v) is 6.74. The Morgan fingerprint density at radius 2 is 1.58 bits per heavy atom. The van der Waals surface area contributed by atoms with Crippen LogP contribution in [0.2, 0.25) is 0 Å². The van der Waals surface area contributed by atoms with Gasteiger partial charge in [0.05, 0.1) is 0 Å². The number of anilines is 1. The van der Waals surface area contributed by atoms with Crippen LogP contribution in [0, 0.1) is 0 Å². The maximum absolute atomic E-state index is 11.8. The Kier molecular flexibility index (Phi) is 4.49. The number of phenols is 2. The number of carbonyl (C=O) groups is 1. The molecule has 1 fully saturated rings. The van der Waals surface area contributed by atoms with Crippen molar-refractivity contribution < 1.29 is 15.0 Å². The lowest BCUT2D eigenvalue weighted by Crippen LogP contribution is -2.37. The first-order chi connectivity index (χ1) is 9.13. The van der Waals surface area contributed by atoms with Crippen molar-refractivity contribution >= 4 is 11.7 Å². The molecule has 0 spiro atoms. The smallest absolute Gasteiger partial charge is 0.319 e. The van der Waals surface area contributed by atoms with Crippen molar-refractivity contribution in [3.63, 3.8) is 0 Å². The van der Waals surface area contributed by atoms with Crippen molar-refractivity contribution in [2.75, 3.05) is 5.32 Å². The number of amides is 2. The lowest BCUT2D eigenvalue weighted by atomic mass is 10.1. The molecule has 1 aliphatic rings. The van der Waals surface area contributed by atoms with Crippen LogP contribution in [-0.4, -0.2) is 22.3 Å². The molecular formula is C14H20N2O3. The molecule has 0 bridgehead atoms. The molecule has 5 heteroatoms. The van der Waals surface area contributed by atoms with Crippen molar-refractivity contribution in [2.24, 2.45) is 0 Å². The quantitative estimate of drug-likeness (QED) is 0.620. The third kappa shape index (κ3) is 4.35. The van der Waals surface area contributed by atoms with Gasteiger partial charge >= 0.3 is 6.03 Å². The molecule has 0 unspecified atom stereocenters. The maximum Gasteiger partial charge on any atom is 0.319 e. The zero-order chi connectivity index (χ0) is 13.7. The predicted molar refractivity (Wildman–Crippen MR) is 73.4 cm³/mol. The van der Waals surface area contributed by atoms with E-state index in [1.807, 2.05) is 0 Å². The third-order valence-electron chi connectivity index (χ3n) is 3.35. The summed E-state index contributed by atoms with van der Waals surface area (Å²) in [6.07, 6.45) is 6.80. The third-order valence-corrected chi connectivity index (χ3v) is 3.35. The Bertz CT molecular complexity index is 420. The second kappa shape index (κ2) is 6.31. The first kappa shape index (κ1) is 13.5. The van der Waals surface area contributed by atoms with E-state index in [2.05, 4.69) is 10.6 Å². The second-order valence-electron chi connectivity index (χ2n) is 5.03. The van der Waals surface area contributed by atoms with E-state index >= 15 is 0 Å². The molecule has 1 saturated carbocycles. The van der Waals surface area contributed by atoms with Crippen molar-refractivity contribution in [3.05, 3.63) is 18.2 Å². The van der Waals surface area contributed by atoms with E-state index in [4.69, 9.17) is 0 Å². The minimum Gasteiger partial charge on any atom is -0.508 e. The van der Waals surface area contributed by atoms with Crippen LogP contribution in [-0.2, 0) is 0 Å². The van der Waals surface area contributed by atoms with Crippen LogP contribution in [0.5, 0.6) is 11.5 Å². The molecule has 0 atom stereocenters. The molecule has 2 rings (SSSR count). The van der Waals surface area contributed by atoms with Gasteiger partial charge in [0.15, 0.2) is 0 Å². The predicted octanol–water partition coefficient (Wildman–Crippen LogP) is 2.94. The monoisotopic (exact) mass is 264 g/mol. The van der Waals surface area contributed by atoms with Crippen molar-refractivity contribution in [1.82, 2.24) is 5.32 Å². The van der Waals surface area contributed by atoms with Crippen LogP contribution in [0.3, 0.4) is 0 Å². The minimum atomic E-state index is -0.295. The van der Waals surface area contributed by atoms with Crippen LogP contribution < -0.4 is 10.6 Å². The van der Waals surface area contributed by atoms with Gasteiger partial charge in [0.2, 0.25) is 0 Å². The average molecular weight is 264 g/mol. The van der Waals surface area contributed by atoms with E-state index in [0.717, 1.165) is 25.7 Å². The van der Waals surface area contributed by atoms with Gasteiger partial charge in [0.1, 0.15) is 11.5 Å². The van der Waals surface area contributed by atoms with Crippen molar-refractivity contribution in [1.29, 1.82) is 0 Å². The number of hydrogen-bond acceptors (Lipinski definition) is 3. The lowest BCUT2D eigenvalue weighted by Gasteiger charge is -2.16. The Morgan fingerprint density at radius 1 is 1.00 bits per heavy atom. The molecule has 5 nitrogen and oxygen atoms in total. The van der Waals surface area contributed by atoms with Crippen LogP contribution in [0.4, 0.5) is 10.5 Å². The van der Waals surface area contributed by atoms with Crippen LogP contribution in [0.15, 0.2) is 18.2 Å². The van der Waals surface area contributed by atoms with Crippen LogP contribution >= 0.6 is 0 Å². The number of carbonyl (C=O) groups excluding carboxylic acids is 1. The average Bonchev–Trinajstić information content (AvgIpc) is 2.55. The zero-order valence-corrected chi connectivity index (χ0v) is 10.9. The normalized spacial score (nSPS) is 16.6. The maximum atomic E-state index is 11.8. The molecular weight excluding hydrogens is 244 g/mol. The Hall–Kier alpha value is -1.91. The molecule has 4 N–H and O–H groups in total. The van der Waals surface area contributed by atoms with E-state index < -0.39 is 0 Å². The highest BCUT2D eigenvalue weighted by Gasteiger charge is 2.14. The van der Waals surface area contributed by atoms with E-state index in [9.17, 15) is 15.0 Å². The molecule has 0 heterocycles. The Morgan fingerprint density at radius 3 is 2.16 bits per heavy atom. The summed E-state index contributed by atoms with van der Waals surface area (Å²) < 4.78 is 0. The van der Waals surface area contributed by atoms with Gasteiger partial charge < -0.3 is 20.8 Å². The first-order valence-electron chi connectivity index (χ1n) is 6.74. The standard InChI is InChI=1S/C14H20N2O3/c17-12-7-11(8-13(18)9-12)16-14(19)15-10-5-3-1-2-4-6-10/h7-10,17-18H,1-6H2,(H2,15,16,19). The van der Waals surface area contributed by atoms with Crippen molar-refractivity contribution in [2.45, 2.75) is 44.6 Å². The Balaban J connectivity index is 1.89.